The van der Waals surface area contributed by atoms with Crippen LogP contribution in [0.3, 0.4) is 0 Å². The molecule has 0 aromatic rings. The third-order valence-corrected chi connectivity index (χ3v) is 3.30. The van der Waals surface area contributed by atoms with Gasteiger partial charge in [0.15, 0.2) is 0 Å². The van der Waals surface area contributed by atoms with Crippen LogP contribution < -0.4 is 0 Å². The quantitative estimate of drug-likeness (QED) is 0.293. The van der Waals surface area contributed by atoms with Crippen molar-refractivity contribution in [2.45, 2.75) is 76.7 Å². The van der Waals surface area contributed by atoms with Gasteiger partial charge in [-0.25, -0.2) is 0 Å². The number of hydrogen-bond acceptors (Lipinski definition) is 3. The van der Waals surface area contributed by atoms with Crippen molar-refractivity contribution in [2.75, 3.05) is 0 Å². The molecule has 0 bridgehead atoms. The summed E-state index contributed by atoms with van der Waals surface area (Å²) in [5, 5.41) is 0. The number of aldehydes is 1. The van der Waals surface area contributed by atoms with Crippen LogP contribution in [-0.2, 0) is 14.3 Å². The van der Waals surface area contributed by atoms with E-state index in [9.17, 15) is 9.59 Å². The van der Waals surface area contributed by atoms with Gasteiger partial charge in [0.25, 0.3) is 0 Å². The van der Waals surface area contributed by atoms with Crippen LogP contribution in [0.4, 0.5) is 0 Å². The molecule has 0 N–H and O–H groups in total. The van der Waals surface area contributed by atoms with Gasteiger partial charge in [-0.15, -0.1) is 0 Å². The average molecular weight is 264 g/mol. The zero-order chi connectivity index (χ0) is 12.3. The summed E-state index contributed by atoms with van der Waals surface area (Å²) in [5.41, 5.74) is 0. The predicted octanol–water partition coefficient (Wildman–Crippen LogP) is 2.75. The van der Waals surface area contributed by atoms with E-state index < -0.39 is 0 Å². The van der Waals surface area contributed by atoms with Gasteiger partial charge in [-0.1, -0.05) is 19.3 Å². The molecule has 0 heterocycles. The van der Waals surface area contributed by atoms with Gasteiger partial charge < -0.3 is 9.53 Å². The Bertz CT molecular complexity index is 225. The summed E-state index contributed by atoms with van der Waals surface area (Å²) >= 11 is 0. The molecule has 100 valence electrons. The van der Waals surface area contributed by atoms with E-state index in [0.717, 1.165) is 44.8 Å². The van der Waals surface area contributed by atoms with Crippen LogP contribution in [0.25, 0.3) is 0 Å². The summed E-state index contributed by atoms with van der Waals surface area (Å²) in [7, 11) is 0. The molecule has 0 radical (unpaired) electrons. The number of hydrogen-bond donors (Lipinski definition) is 0. The van der Waals surface area contributed by atoms with Gasteiger partial charge in [-0.2, -0.15) is 0 Å². The molecule has 0 aromatic carbocycles. The maximum absolute atomic E-state index is 11.5. The number of esters is 1. The molecule has 1 rings (SSSR count). The van der Waals surface area contributed by atoms with E-state index in [1.807, 2.05) is 0 Å². The molecule has 1 fully saturated rings. The number of unbranched alkanes of at least 4 members (excludes halogenated alkanes) is 4. The fraction of sp³-hybridized carbons (Fsp3) is 0.857. The minimum atomic E-state index is -0.0349. The first kappa shape index (κ1) is 18.1. The predicted molar refractivity (Wildman–Crippen MR) is 73.9 cm³/mol. The van der Waals surface area contributed by atoms with Crippen LogP contribution in [0.15, 0.2) is 0 Å². The molecule has 1 aliphatic rings. The molecule has 0 saturated heterocycles. The second-order valence-corrected chi connectivity index (χ2v) is 4.87. The van der Waals surface area contributed by atoms with Crippen LogP contribution in [-0.4, -0.2) is 47.9 Å². The van der Waals surface area contributed by atoms with Crippen molar-refractivity contribution in [3.8, 4) is 0 Å². The normalized spacial score (nSPS) is 15.8. The molecule has 0 amide bonds. The Hall–Kier alpha value is 0.140. The molecular weight excluding hydrogens is 239 g/mol. The molecule has 1 saturated carbocycles. The Balaban J connectivity index is 0.00000289. The summed E-state index contributed by atoms with van der Waals surface area (Å²) in [6, 6.07) is 0. The Labute approximate surface area is 132 Å². The van der Waals surface area contributed by atoms with Crippen molar-refractivity contribution < 1.29 is 14.3 Å². The molecule has 1 aliphatic carbocycles. The van der Waals surface area contributed by atoms with E-state index in [1.165, 1.54) is 19.3 Å². The Kier molecular flexibility index (Phi) is 12.3. The SMILES string of the molecule is O=CCCCCCCC(=O)OC1CCCCC1.[NaH]. The first-order valence-corrected chi connectivity index (χ1v) is 6.96. The summed E-state index contributed by atoms with van der Waals surface area (Å²) in [5.74, 6) is -0.0349. The number of carbonyl (C=O) groups is 2. The van der Waals surface area contributed by atoms with E-state index in [-0.39, 0.29) is 41.6 Å². The molecule has 0 atom stereocenters. The van der Waals surface area contributed by atoms with Gasteiger partial charge in [0.2, 0.25) is 0 Å². The van der Waals surface area contributed by atoms with E-state index in [2.05, 4.69) is 0 Å². The van der Waals surface area contributed by atoms with Crippen molar-refractivity contribution in [3.05, 3.63) is 0 Å². The molecule has 0 spiro atoms. The van der Waals surface area contributed by atoms with Crippen molar-refractivity contribution in [3.63, 3.8) is 0 Å². The van der Waals surface area contributed by atoms with Crippen molar-refractivity contribution in [1.29, 1.82) is 0 Å². The van der Waals surface area contributed by atoms with Crippen LogP contribution in [0.5, 0.6) is 0 Å². The second kappa shape index (κ2) is 12.2. The minimum absolute atomic E-state index is 0. The van der Waals surface area contributed by atoms with Gasteiger partial charge in [-0.3, -0.25) is 4.79 Å². The van der Waals surface area contributed by atoms with Crippen molar-refractivity contribution >= 4 is 41.8 Å². The molecule has 0 aromatic heterocycles. The first-order valence-electron chi connectivity index (χ1n) is 6.96. The average Bonchev–Trinajstić information content (AvgIpc) is 2.35. The molecular formula is C14H25NaO3. The summed E-state index contributed by atoms with van der Waals surface area (Å²) in [4.78, 5) is 21.6. The van der Waals surface area contributed by atoms with Crippen LogP contribution in [0, 0.1) is 0 Å². The second-order valence-electron chi connectivity index (χ2n) is 4.87. The van der Waals surface area contributed by atoms with Gasteiger partial charge in [0, 0.05) is 12.8 Å². The van der Waals surface area contributed by atoms with Crippen LogP contribution in [0.1, 0.15) is 70.6 Å². The van der Waals surface area contributed by atoms with Gasteiger partial charge in [0.05, 0.1) is 0 Å². The third-order valence-electron chi connectivity index (χ3n) is 3.30. The fourth-order valence-electron chi connectivity index (χ4n) is 2.28. The molecule has 0 unspecified atom stereocenters. The molecule has 0 aliphatic heterocycles. The number of rotatable bonds is 8. The topological polar surface area (TPSA) is 43.4 Å². The summed E-state index contributed by atoms with van der Waals surface area (Å²) in [6.07, 6.45) is 12.0. The van der Waals surface area contributed by atoms with Crippen molar-refractivity contribution in [1.82, 2.24) is 0 Å². The molecule has 18 heavy (non-hydrogen) atoms. The number of ether oxygens (including phenoxy) is 1. The summed E-state index contributed by atoms with van der Waals surface area (Å²) in [6.45, 7) is 0. The van der Waals surface area contributed by atoms with Gasteiger partial charge in [-0.05, 0) is 38.5 Å². The standard InChI is InChI=1S/C14H24O3.Na.H/c15-12-8-3-1-2-7-11-14(16)17-13-9-5-4-6-10-13;;/h12-13H,1-11H2;;. The molecule has 4 heteroatoms. The van der Waals surface area contributed by atoms with Gasteiger partial charge in [0.1, 0.15) is 12.4 Å². The van der Waals surface area contributed by atoms with E-state index in [0.29, 0.717) is 12.8 Å². The van der Waals surface area contributed by atoms with Crippen molar-refractivity contribution in [2.24, 2.45) is 0 Å². The first-order chi connectivity index (χ1) is 8.33. The zero-order valence-corrected chi connectivity index (χ0v) is 10.7. The van der Waals surface area contributed by atoms with E-state index >= 15 is 0 Å². The van der Waals surface area contributed by atoms with E-state index in [4.69, 9.17) is 4.74 Å². The number of carbonyl (C=O) groups excluding carboxylic acids is 2. The Morgan fingerprint density at radius 1 is 1.06 bits per heavy atom. The summed E-state index contributed by atoms with van der Waals surface area (Å²) < 4.78 is 5.42. The fourth-order valence-corrected chi connectivity index (χ4v) is 2.28. The maximum atomic E-state index is 11.5. The Morgan fingerprint density at radius 3 is 2.39 bits per heavy atom. The Morgan fingerprint density at radius 2 is 1.72 bits per heavy atom. The third kappa shape index (κ3) is 9.12. The van der Waals surface area contributed by atoms with Crippen LogP contribution >= 0.6 is 0 Å². The monoisotopic (exact) mass is 264 g/mol. The van der Waals surface area contributed by atoms with E-state index in [1.54, 1.807) is 0 Å². The molecule has 3 nitrogen and oxygen atoms in total. The van der Waals surface area contributed by atoms with Gasteiger partial charge >= 0.3 is 35.5 Å². The van der Waals surface area contributed by atoms with Crippen LogP contribution in [0.2, 0.25) is 0 Å². The zero-order valence-electron chi connectivity index (χ0n) is 10.7.